The number of hydrogen-bond acceptors (Lipinski definition) is 8. The van der Waals surface area contributed by atoms with E-state index < -0.39 is 17.7 Å². The predicted molar refractivity (Wildman–Crippen MR) is 112 cm³/mol. The van der Waals surface area contributed by atoms with Crippen molar-refractivity contribution in [1.82, 2.24) is 20.6 Å². The molecule has 0 aliphatic heterocycles. The van der Waals surface area contributed by atoms with Crippen molar-refractivity contribution in [1.29, 1.82) is 0 Å². The number of aromatic amines is 1. The SMILES string of the molecule is COc1ccc2sc(C(=O)Nc3nn[nH]n3)c(Sc3ccc(CC(=O)O)cc3)c2c1F. The number of hydrogen-bond donors (Lipinski definition) is 3. The minimum atomic E-state index is -0.932. The smallest absolute Gasteiger partial charge is 0.307 e. The molecule has 0 atom stereocenters. The van der Waals surface area contributed by atoms with E-state index in [9.17, 15) is 9.59 Å². The normalized spacial score (nSPS) is 10.9. The molecular weight excluding hydrogens is 445 g/mol. The van der Waals surface area contributed by atoms with Gasteiger partial charge in [0.2, 0.25) is 0 Å². The number of carboxylic acids is 1. The lowest BCUT2D eigenvalue weighted by molar-refractivity contribution is -0.136. The van der Waals surface area contributed by atoms with E-state index in [0.29, 0.717) is 20.1 Å². The summed E-state index contributed by atoms with van der Waals surface area (Å²) in [6.45, 7) is 0. The average Bonchev–Trinajstić information content (AvgIpc) is 3.37. The Balaban J connectivity index is 1.76. The van der Waals surface area contributed by atoms with Gasteiger partial charge in [0.1, 0.15) is 4.88 Å². The molecule has 4 aromatic rings. The summed E-state index contributed by atoms with van der Waals surface area (Å²) >= 11 is 2.32. The first-order valence-corrected chi connectivity index (χ1v) is 10.4. The molecule has 2 aromatic carbocycles. The lowest BCUT2D eigenvalue weighted by Crippen LogP contribution is -2.12. The van der Waals surface area contributed by atoms with Gasteiger partial charge in [0.25, 0.3) is 11.9 Å². The van der Waals surface area contributed by atoms with Gasteiger partial charge in [-0.25, -0.2) is 4.39 Å². The Kier molecular flexibility index (Phi) is 5.82. The first-order valence-electron chi connectivity index (χ1n) is 8.78. The number of ether oxygens (including phenoxy) is 1. The quantitative estimate of drug-likeness (QED) is 0.382. The van der Waals surface area contributed by atoms with Crippen molar-refractivity contribution in [3.63, 3.8) is 0 Å². The number of carboxylic acid groups (broad SMARTS) is 1. The third kappa shape index (κ3) is 4.34. The molecule has 0 radical (unpaired) electrons. The topological polar surface area (TPSA) is 130 Å². The van der Waals surface area contributed by atoms with Gasteiger partial charge in [-0.2, -0.15) is 5.21 Å². The van der Waals surface area contributed by atoms with E-state index in [1.54, 1.807) is 30.3 Å². The fourth-order valence-electron chi connectivity index (χ4n) is 2.85. The Morgan fingerprint density at radius 2 is 2.03 bits per heavy atom. The lowest BCUT2D eigenvalue weighted by atomic mass is 10.2. The van der Waals surface area contributed by atoms with E-state index in [1.807, 2.05) is 0 Å². The van der Waals surface area contributed by atoms with Crippen LogP contribution in [0.3, 0.4) is 0 Å². The number of carbonyl (C=O) groups excluding carboxylic acids is 1. The molecule has 0 bridgehead atoms. The summed E-state index contributed by atoms with van der Waals surface area (Å²) in [4.78, 5) is 25.2. The zero-order chi connectivity index (χ0) is 22.0. The molecule has 2 heterocycles. The number of rotatable bonds is 7. The van der Waals surface area contributed by atoms with Crippen LogP contribution in [0.4, 0.5) is 10.3 Å². The molecule has 0 unspecified atom stereocenters. The van der Waals surface area contributed by atoms with Crippen LogP contribution in [-0.2, 0) is 11.2 Å². The summed E-state index contributed by atoms with van der Waals surface area (Å²) in [7, 11) is 1.37. The highest BCUT2D eigenvalue weighted by atomic mass is 32.2. The molecule has 0 saturated carbocycles. The number of H-pyrrole nitrogens is 1. The van der Waals surface area contributed by atoms with Gasteiger partial charge in [0.05, 0.1) is 13.5 Å². The van der Waals surface area contributed by atoms with Crippen molar-refractivity contribution < 1.29 is 23.8 Å². The summed E-state index contributed by atoms with van der Waals surface area (Å²) in [6, 6.07) is 10.0. The number of aromatic nitrogens is 4. The number of nitrogens with zero attached hydrogens (tertiary/aromatic N) is 3. The molecule has 3 N–H and O–H groups in total. The highest BCUT2D eigenvalue weighted by Gasteiger charge is 2.24. The van der Waals surface area contributed by atoms with Crippen molar-refractivity contribution in [2.75, 3.05) is 12.4 Å². The van der Waals surface area contributed by atoms with Crippen LogP contribution in [0.25, 0.3) is 10.1 Å². The van der Waals surface area contributed by atoms with E-state index in [-0.39, 0.29) is 28.4 Å². The first-order chi connectivity index (χ1) is 15.0. The Bertz CT molecular complexity index is 1260. The van der Waals surface area contributed by atoms with Gasteiger partial charge in [0, 0.05) is 19.9 Å². The fourth-order valence-corrected chi connectivity index (χ4v) is 5.15. The standard InChI is InChI=1S/C19H14FN5O4S2/c1-29-11-6-7-12-14(15(11)20)16(17(31-12)18(28)21-19-22-24-25-23-19)30-10-4-2-9(3-5-10)8-13(26)27/h2-7H,8H2,1H3,(H,26,27)(H2,21,22,23,24,25,28). The Morgan fingerprint density at radius 1 is 1.26 bits per heavy atom. The number of carbonyl (C=O) groups is 2. The molecule has 0 aliphatic carbocycles. The van der Waals surface area contributed by atoms with Gasteiger partial charge in [-0.15, -0.1) is 16.4 Å². The second-order valence-electron chi connectivity index (χ2n) is 6.22. The maximum absolute atomic E-state index is 15.1. The average molecular weight is 459 g/mol. The molecule has 4 rings (SSSR count). The molecule has 12 heteroatoms. The molecule has 158 valence electrons. The molecule has 0 spiro atoms. The minimum absolute atomic E-state index is 0.00511. The Morgan fingerprint density at radius 3 is 2.68 bits per heavy atom. The van der Waals surface area contributed by atoms with Crippen LogP contribution in [0, 0.1) is 5.82 Å². The van der Waals surface area contributed by atoms with E-state index in [1.165, 1.54) is 24.9 Å². The van der Waals surface area contributed by atoms with Crippen molar-refractivity contribution in [3.05, 3.63) is 52.7 Å². The zero-order valence-electron chi connectivity index (χ0n) is 15.9. The molecule has 2 aromatic heterocycles. The van der Waals surface area contributed by atoms with E-state index in [0.717, 1.165) is 11.3 Å². The number of nitrogens with one attached hydrogen (secondary N) is 2. The number of thiophene rings is 1. The molecule has 0 saturated heterocycles. The fraction of sp³-hybridized carbons (Fsp3) is 0.105. The highest BCUT2D eigenvalue weighted by molar-refractivity contribution is 7.99. The maximum atomic E-state index is 15.1. The number of fused-ring (bicyclic) bond motifs is 1. The minimum Gasteiger partial charge on any atom is -0.494 e. The number of halogens is 1. The van der Waals surface area contributed by atoms with Gasteiger partial charge in [-0.1, -0.05) is 29.0 Å². The summed E-state index contributed by atoms with van der Waals surface area (Å²) < 4.78 is 20.8. The third-order valence-corrected chi connectivity index (χ3v) is 6.61. The first kappa shape index (κ1) is 20.8. The molecule has 9 nitrogen and oxygen atoms in total. The van der Waals surface area contributed by atoms with Gasteiger partial charge in [-0.05, 0) is 35.0 Å². The summed E-state index contributed by atoms with van der Waals surface area (Å²) in [6.07, 6.45) is -0.101. The van der Waals surface area contributed by atoms with Crippen LogP contribution >= 0.6 is 23.1 Å². The van der Waals surface area contributed by atoms with Crippen molar-refractivity contribution >= 4 is 51.0 Å². The van der Waals surface area contributed by atoms with Crippen LogP contribution in [0.1, 0.15) is 15.2 Å². The number of tetrazole rings is 1. The largest absolute Gasteiger partial charge is 0.494 e. The van der Waals surface area contributed by atoms with Crippen molar-refractivity contribution in [2.24, 2.45) is 0 Å². The van der Waals surface area contributed by atoms with E-state index in [4.69, 9.17) is 9.84 Å². The van der Waals surface area contributed by atoms with Crippen LogP contribution in [-0.4, -0.2) is 44.7 Å². The monoisotopic (exact) mass is 459 g/mol. The van der Waals surface area contributed by atoms with Gasteiger partial charge < -0.3 is 9.84 Å². The van der Waals surface area contributed by atoms with Gasteiger partial charge >= 0.3 is 5.97 Å². The Labute approximate surface area is 182 Å². The summed E-state index contributed by atoms with van der Waals surface area (Å²) in [5.74, 6) is -1.95. The molecule has 0 aliphatic rings. The third-order valence-electron chi connectivity index (χ3n) is 4.21. The predicted octanol–water partition coefficient (Wildman–Crippen LogP) is 3.59. The Hall–Kier alpha value is -3.51. The summed E-state index contributed by atoms with van der Waals surface area (Å²) in [5, 5.41) is 24.8. The van der Waals surface area contributed by atoms with Crippen LogP contribution < -0.4 is 10.1 Å². The number of anilines is 1. The molecular formula is C19H14FN5O4S2. The number of aliphatic carboxylic acids is 1. The highest BCUT2D eigenvalue weighted by Crippen LogP contribution is 2.44. The number of amides is 1. The number of benzene rings is 2. The van der Waals surface area contributed by atoms with Crippen LogP contribution in [0.5, 0.6) is 5.75 Å². The summed E-state index contributed by atoms with van der Waals surface area (Å²) in [5.41, 5.74) is 0.634. The van der Waals surface area contributed by atoms with Gasteiger partial charge in [-0.3, -0.25) is 14.9 Å². The molecule has 0 fully saturated rings. The van der Waals surface area contributed by atoms with Crippen LogP contribution in [0.15, 0.2) is 46.2 Å². The molecule has 31 heavy (non-hydrogen) atoms. The van der Waals surface area contributed by atoms with E-state index in [2.05, 4.69) is 25.9 Å². The second-order valence-corrected chi connectivity index (χ2v) is 8.36. The molecule has 1 amide bonds. The second kappa shape index (κ2) is 8.70. The number of methoxy groups -OCH3 is 1. The van der Waals surface area contributed by atoms with Crippen molar-refractivity contribution in [3.8, 4) is 5.75 Å². The lowest BCUT2D eigenvalue weighted by Gasteiger charge is -2.07. The van der Waals surface area contributed by atoms with Gasteiger partial charge in [0.15, 0.2) is 11.6 Å². The van der Waals surface area contributed by atoms with Crippen LogP contribution in [0.2, 0.25) is 0 Å². The maximum Gasteiger partial charge on any atom is 0.307 e. The van der Waals surface area contributed by atoms with E-state index >= 15 is 4.39 Å². The van der Waals surface area contributed by atoms with Crippen molar-refractivity contribution in [2.45, 2.75) is 16.2 Å². The zero-order valence-corrected chi connectivity index (χ0v) is 17.5.